The van der Waals surface area contributed by atoms with Gasteiger partial charge in [-0.3, -0.25) is 4.79 Å². The van der Waals surface area contributed by atoms with Crippen molar-refractivity contribution in [2.45, 2.75) is 33.8 Å². The fourth-order valence-electron chi connectivity index (χ4n) is 2.94. The molecule has 0 atom stereocenters. The van der Waals surface area contributed by atoms with Gasteiger partial charge in [0.05, 0.1) is 5.69 Å². The van der Waals surface area contributed by atoms with Gasteiger partial charge in [0.1, 0.15) is 12.4 Å². The third-order valence-corrected chi connectivity index (χ3v) is 4.34. The topological polar surface area (TPSA) is 44.1 Å². The summed E-state index contributed by atoms with van der Waals surface area (Å²) in [6.45, 7) is 6.46. The van der Waals surface area contributed by atoms with Crippen LogP contribution in [0.2, 0.25) is 0 Å². The van der Waals surface area contributed by atoms with Crippen LogP contribution in [-0.2, 0) is 13.0 Å². The standard InChI is InChI=1S/C21H22N2O2/c1-4-20-15(2)22-23(16(20)3)21(24)18-10-12-19(13-11-18)25-14-17-8-6-5-7-9-17/h5-13H,4,14H2,1-3H3. The van der Waals surface area contributed by atoms with Gasteiger partial charge in [0, 0.05) is 11.3 Å². The largest absolute Gasteiger partial charge is 0.489 e. The molecule has 128 valence electrons. The Morgan fingerprint density at radius 2 is 1.72 bits per heavy atom. The number of aromatic nitrogens is 2. The number of ether oxygens (including phenoxy) is 1. The van der Waals surface area contributed by atoms with Crippen LogP contribution < -0.4 is 4.74 Å². The summed E-state index contributed by atoms with van der Waals surface area (Å²) in [5.41, 5.74) is 4.67. The number of hydrogen-bond donors (Lipinski definition) is 0. The van der Waals surface area contributed by atoms with E-state index >= 15 is 0 Å². The maximum Gasteiger partial charge on any atom is 0.278 e. The molecule has 4 nitrogen and oxygen atoms in total. The van der Waals surface area contributed by atoms with Gasteiger partial charge in [-0.1, -0.05) is 37.3 Å². The molecule has 3 rings (SSSR count). The Bertz CT molecular complexity index is 865. The Hall–Kier alpha value is -2.88. The van der Waals surface area contributed by atoms with Crippen molar-refractivity contribution in [2.75, 3.05) is 0 Å². The van der Waals surface area contributed by atoms with E-state index in [9.17, 15) is 4.79 Å². The number of nitrogens with zero attached hydrogens (tertiary/aromatic N) is 2. The van der Waals surface area contributed by atoms with Gasteiger partial charge in [-0.2, -0.15) is 5.10 Å². The van der Waals surface area contributed by atoms with Gasteiger partial charge >= 0.3 is 0 Å². The number of benzene rings is 2. The summed E-state index contributed by atoms with van der Waals surface area (Å²) in [7, 11) is 0. The molecular formula is C21H22N2O2. The van der Waals surface area contributed by atoms with E-state index < -0.39 is 0 Å². The average Bonchev–Trinajstić information content (AvgIpc) is 2.94. The summed E-state index contributed by atoms with van der Waals surface area (Å²) in [6, 6.07) is 17.2. The quantitative estimate of drug-likeness (QED) is 0.697. The highest BCUT2D eigenvalue weighted by Gasteiger charge is 2.16. The van der Waals surface area contributed by atoms with Gasteiger partial charge in [0.2, 0.25) is 0 Å². The molecule has 4 heteroatoms. The molecule has 0 aliphatic heterocycles. The minimum atomic E-state index is -0.116. The van der Waals surface area contributed by atoms with Crippen LogP contribution >= 0.6 is 0 Å². The van der Waals surface area contributed by atoms with Crippen LogP contribution in [-0.4, -0.2) is 15.7 Å². The fraction of sp³-hybridized carbons (Fsp3) is 0.238. The molecular weight excluding hydrogens is 312 g/mol. The minimum absolute atomic E-state index is 0.116. The molecule has 0 fully saturated rings. The van der Waals surface area contributed by atoms with Gasteiger partial charge in [-0.15, -0.1) is 0 Å². The van der Waals surface area contributed by atoms with E-state index in [1.54, 1.807) is 12.1 Å². The second kappa shape index (κ2) is 7.34. The fourth-order valence-corrected chi connectivity index (χ4v) is 2.94. The van der Waals surface area contributed by atoms with Crippen LogP contribution in [0, 0.1) is 13.8 Å². The van der Waals surface area contributed by atoms with Gasteiger partial charge in [-0.05, 0) is 55.7 Å². The summed E-state index contributed by atoms with van der Waals surface area (Å²) in [5, 5.41) is 4.39. The molecule has 0 bridgehead atoms. The smallest absolute Gasteiger partial charge is 0.278 e. The van der Waals surface area contributed by atoms with Gasteiger partial charge in [0.25, 0.3) is 5.91 Å². The lowest BCUT2D eigenvalue weighted by Crippen LogP contribution is -2.15. The molecule has 0 saturated heterocycles. The van der Waals surface area contributed by atoms with Crippen molar-refractivity contribution in [3.8, 4) is 5.75 Å². The van der Waals surface area contributed by atoms with Gasteiger partial charge in [0.15, 0.2) is 0 Å². The lowest BCUT2D eigenvalue weighted by molar-refractivity contribution is 0.0942. The summed E-state index contributed by atoms with van der Waals surface area (Å²) >= 11 is 0. The number of carbonyl (C=O) groups excluding carboxylic acids is 1. The van der Waals surface area contributed by atoms with Crippen LogP contribution in [0.15, 0.2) is 54.6 Å². The molecule has 25 heavy (non-hydrogen) atoms. The molecule has 0 spiro atoms. The van der Waals surface area contributed by atoms with Crippen molar-refractivity contribution in [1.82, 2.24) is 9.78 Å². The van der Waals surface area contributed by atoms with E-state index in [1.165, 1.54) is 4.68 Å². The second-order valence-electron chi connectivity index (χ2n) is 6.02. The first-order valence-electron chi connectivity index (χ1n) is 8.46. The molecule has 0 aliphatic carbocycles. The lowest BCUT2D eigenvalue weighted by Gasteiger charge is -2.08. The normalized spacial score (nSPS) is 10.7. The third-order valence-electron chi connectivity index (χ3n) is 4.34. The average molecular weight is 334 g/mol. The Kier molecular flexibility index (Phi) is 4.98. The SMILES string of the molecule is CCc1c(C)nn(C(=O)c2ccc(OCc3ccccc3)cc2)c1C. The second-order valence-corrected chi connectivity index (χ2v) is 6.02. The van der Waals surface area contributed by atoms with Gasteiger partial charge < -0.3 is 4.74 Å². The first-order chi connectivity index (χ1) is 12.1. The predicted molar refractivity (Wildman–Crippen MR) is 98.0 cm³/mol. The molecule has 2 aromatic carbocycles. The molecule has 0 N–H and O–H groups in total. The van der Waals surface area contributed by atoms with E-state index in [1.807, 2.05) is 56.3 Å². The Morgan fingerprint density at radius 1 is 1.04 bits per heavy atom. The van der Waals surface area contributed by atoms with Crippen LogP contribution in [0.25, 0.3) is 0 Å². The van der Waals surface area contributed by atoms with Crippen LogP contribution in [0.3, 0.4) is 0 Å². The van der Waals surface area contributed by atoms with Crippen molar-refractivity contribution in [2.24, 2.45) is 0 Å². The zero-order valence-corrected chi connectivity index (χ0v) is 14.8. The van der Waals surface area contributed by atoms with Crippen molar-refractivity contribution >= 4 is 5.91 Å². The summed E-state index contributed by atoms with van der Waals surface area (Å²) < 4.78 is 7.26. The lowest BCUT2D eigenvalue weighted by atomic mass is 10.1. The summed E-state index contributed by atoms with van der Waals surface area (Å²) in [5.74, 6) is 0.623. The first-order valence-corrected chi connectivity index (χ1v) is 8.46. The van der Waals surface area contributed by atoms with Crippen LogP contribution in [0.5, 0.6) is 5.75 Å². The van der Waals surface area contributed by atoms with Gasteiger partial charge in [-0.25, -0.2) is 4.68 Å². The third kappa shape index (κ3) is 3.63. The van der Waals surface area contributed by atoms with Crippen molar-refractivity contribution in [1.29, 1.82) is 0 Å². The highest BCUT2D eigenvalue weighted by molar-refractivity contribution is 5.96. The van der Waals surface area contributed by atoms with E-state index in [-0.39, 0.29) is 5.91 Å². The highest BCUT2D eigenvalue weighted by Crippen LogP contribution is 2.18. The number of carbonyl (C=O) groups is 1. The molecule has 0 saturated carbocycles. The predicted octanol–water partition coefficient (Wildman–Crippen LogP) is 4.33. The molecule has 0 aliphatic rings. The zero-order chi connectivity index (χ0) is 17.8. The number of rotatable bonds is 5. The van der Waals surface area contributed by atoms with E-state index in [0.29, 0.717) is 12.2 Å². The van der Waals surface area contributed by atoms with Crippen molar-refractivity contribution < 1.29 is 9.53 Å². The maximum absolute atomic E-state index is 12.7. The molecule has 3 aromatic rings. The first kappa shape index (κ1) is 17.0. The molecule has 1 aromatic heterocycles. The number of aryl methyl sites for hydroxylation is 1. The van der Waals surface area contributed by atoms with Crippen molar-refractivity contribution in [3.05, 3.63) is 82.7 Å². The van der Waals surface area contributed by atoms with Crippen LogP contribution in [0.4, 0.5) is 0 Å². The molecule has 0 radical (unpaired) electrons. The maximum atomic E-state index is 12.7. The summed E-state index contributed by atoms with van der Waals surface area (Å²) in [6.07, 6.45) is 0.872. The van der Waals surface area contributed by atoms with Crippen molar-refractivity contribution in [3.63, 3.8) is 0 Å². The molecule has 0 amide bonds. The minimum Gasteiger partial charge on any atom is -0.489 e. The summed E-state index contributed by atoms with van der Waals surface area (Å²) in [4.78, 5) is 12.7. The van der Waals surface area contributed by atoms with E-state index in [4.69, 9.17) is 4.74 Å². The molecule has 1 heterocycles. The highest BCUT2D eigenvalue weighted by atomic mass is 16.5. The van der Waals surface area contributed by atoms with E-state index in [0.717, 1.165) is 34.7 Å². The Balaban J connectivity index is 1.72. The van der Waals surface area contributed by atoms with Crippen LogP contribution in [0.1, 0.15) is 39.8 Å². The number of hydrogen-bond acceptors (Lipinski definition) is 3. The zero-order valence-electron chi connectivity index (χ0n) is 14.8. The Labute approximate surface area is 148 Å². The monoisotopic (exact) mass is 334 g/mol. The molecule has 0 unspecified atom stereocenters. The van der Waals surface area contributed by atoms with E-state index in [2.05, 4.69) is 12.0 Å². The Morgan fingerprint density at radius 3 is 2.32 bits per heavy atom.